The predicted octanol–water partition coefficient (Wildman–Crippen LogP) is 1.14. The lowest BCUT2D eigenvalue weighted by Crippen LogP contribution is -2.49. The summed E-state index contributed by atoms with van der Waals surface area (Å²) in [4.78, 5) is 37.9. The molecule has 1 atom stereocenters. The van der Waals surface area contributed by atoms with Gasteiger partial charge in [0, 0.05) is 31.3 Å². The Morgan fingerprint density at radius 1 is 1.37 bits per heavy atom. The maximum absolute atomic E-state index is 13.7. The van der Waals surface area contributed by atoms with Crippen LogP contribution in [0.3, 0.4) is 0 Å². The molecule has 0 radical (unpaired) electrons. The fourth-order valence-electron chi connectivity index (χ4n) is 3.62. The number of aromatic nitrogens is 1. The van der Waals surface area contributed by atoms with Crippen molar-refractivity contribution in [2.75, 3.05) is 6.61 Å². The Bertz CT molecular complexity index is 1170. The van der Waals surface area contributed by atoms with E-state index in [1.165, 1.54) is 21.4 Å². The molecular formula is C20H18F2N3O5+. The molecule has 0 aliphatic carbocycles. The Kier molecular flexibility index (Phi) is 4.94. The number of ether oxygens (including phenoxy) is 1. The molecule has 1 unspecified atom stereocenters. The van der Waals surface area contributed by atoms with E-state index < -0.39 is 46.4 Å². The molecule has 2 N–H and O–H groups in total. The van der Waals surface area contributed by atoms with Gasteiger partial charge in [-0.25, -0.2) is 13.6 Å². The molecule has 30 heavy (non-hydrogen) atoms. The van der Waals surface area contributed by atoms with Crippen LogP contribution >= 0.6 is 0 Å². The summed E-state index contributed by atoms with van der Waals surface area (Å²) in [5.74, 6) is -3.88. The summed E-state index contributed by atoms with van der Waals surface area (Å²) in [6.45, 7) is 2.03. The fourth-order valence-corrected chi connectivity index (χ4v) is 3.62. The first-order chi connectivity index (χ1) is 14.3. The molecule has 0 fully saturated rings. The van der Waals surface area contributed by atoms with Crippen molar-refractivity contribution >= 4 is 17.5 Å². The lowest BCUT2D eigenvalue weighted by molar-refractivity contribution is -0.547. The van der Waals surface area contributed by atoms with E-state index in [2.05, 4.69) is 5.32 Å². The zero-order valence-corrected chi connectivity index (χ0v) is 15.9. The Labute approximate surface area is 169 Å². The first-order valence-corrected chi connectivity index (χ1v) is 9.24. The fraction of sp³-hybridized carbons (Fsp3) is 0.300. The van der Waals surface area contributed by atoms with E-state index in [1.54, 1.807) is 6.92 Å². The van der Waals surface area contributed by atoms with Gasteiger partial charge in [-0.15, -0.1) is 4.58 Å². The molecule has 2 aliphatic rings. The van der Waals surface area contributed by atoms with Crippen LogP contribution in [-0.2, 0) is 17.8 Å². The van der Waals surface area contributed by atoms with Crippen molar-refractivity contribution in [1.82, 2.24) is 9.88 Å². The van der Waals surface area contributed by atoms with Crippen LogP contribution < -0.4 is 10.7 Å². The number of amides is 2. The first kappa shape index (κ1) is 19.9. The number of nitrogens with zero attached hydrogens (tertiary/aromatic N) is 2. The van der Waals surface area contributed by atoms with Gasteiger partial charge in [-0.1, -0.05) is 6.07 Å². The van der Waals surface area contributed by atoms with Crippen LogP contribution in [-0.4, -0.2) is 44.6 Å². The second kappa shape index (κ2) is 7.45. The maximum Gasteiger partial charge on any atom is 0.442 e. The Morgan fingerprint density at radius 3 is 2.87 bits per heavy atom. The average molecular weight is 418 g/mol. The number of carbonyl (C=O) groups is 2. The van der Waals surface area contributed by atoms with Crippen molar-refractivity contribution in [1.29, 1.82) is 0 Å². The van der Waals surface area contributed by atoms with Crippen molar-refractivity contribution in [3.05, 3.63) is 63.1 Å². The van der Waals surface area contributed by atoms with Crippen LogP contribution in [0.4, 0.5) is 8.78 Å². The standard InChI is InChI=1S/C20H17F2N3O5/c1-10-4-5-30-15-9-24-8-13(17(26)18(27)16(24)20(29)25(10)15)19(28)23-7-11-2-3-12(21)6-14(11)22/h2-3,6,8,15H,4-5,7,9H2,1H3,(H-,23,27,28,29)/p+1. The van der Waals surface area contributed by atoms with Crippen molar-refractivity contribution in [3.63, 3.8) is 0 Å². The molecule has 1 aromatic carbocycles. The van der Waals surface area contributed by atoms with Crippen LogP contribution in [0.15, 0.2) is 29.2 Å². The quantitative estimate of drug-likeness (QED) is 0.728. The van der Waals surface area contributed by atoms with E-state index in [4.69, 9.17) is 4.74 Å². The van der Waals surface area contributed by atoms with Crippen molar-refractivity contribution in [2.45, 2.75) is 32.7 Å². The summed E-state index contributed by atoms with van der Waals surface area (Å²) >= 11 is 0. The number of nitrogens with one attached hydrogen (secondary N) is 1. The molecule has 2 amide bonds. The zero-order valence-electron chi connectivity index (χ0n) is 15.9. The van der Waals surface area contributed by atoms with E-state index in [0.29, 0.717) is 19.1 Å². The van der Waals surface area contributed by atoms with Gasteiger partial charge in [0.25, 0.3) is 12.1 Å². The highest BCUT2D eigenvalue weighted by Crippen LogP contribution is 2.24. The van der Waals surface area contributed by atoms with Gasteiger partial charge in [0.05, 0.1) is 13.0 Å². The van der Waals surface area contributed by atoms with Gasteiger partial charge < -0.3 is 19.7 Å². The molecule has 2 aliphatic heterocycles. The molecule has 0 saturated heterocycles. The summed E-state index contributed by atoms with van der Waals surface area (Å²) in [6.07, 6.45) is 1.12. The Hall–Kier alpha value is -3.40. The minimum absolute atomic E-state index is 0.0273. The number of fused-ring (bicyclic) bond motifs is 2. The molecule has 0 bridgehead atoms. The smallest absolute Gasteiger partial charge is 0.442 e. The molecule has 156 valence electrons. The second-order valence-electron chi connectivity index (χ2n) is 7.13. The molecule has 2 aromatic rings. The van der Waals surface area contributed by atoms with E-state index >= 15 is 0 Å². The summed E-state index contributed by atoms with van der Waals surface area (Å²) in [5, 5.41) is 12.7. The molecule has 8 nitrogen and oxygen atoms in total. The van der Waals surface area contributed by atoms with Crippen LogP contribution in [0.25, 0.3) is 0 Å². The van der Waals surface area contributed by atoms with Crippen molar-refractivity contribution in [3.8, 4) is 5.75 Å². The second-order valence-corrected chi connectivity index (χ2v) is 7.13. The number of halogens is 2. The third kappa shape index (κ3) is 3.28. The highest BCUT2D eigenvalue weighted by molar-refractivity contribution is 5.98. The first-order valence-electron chi connectivity index (χ1n) is 9.24. The van der Waals surface area contributed by atoms with E-state index in [-0.39, 0.29) is 24.3 Å². The van der Waals surface area contributed by atoms with Crippen molar-refractivity contribution in [2.24, 2.45) is 0 Å². The van der Waals surface area contributed by atoms with Crippen molar-refractivity contribution < 1.29 is 32.8 Å². The Morgan fingerprint density at radius 2 is 2.13 bits per heavy atom. The number of pyridine rings is 1. The minimum atomic E-state index is -1.01. The highest BCUT2D eigenvalue weighted by Gasteiger charge is 2.44. The molecule has 0 saturated carbocycles. The third-order valence-corrected chi connectivity index (χ3v) is 5.20. The largest absolute Gasteiger partial charge is 0.502 e. The molecule has 1 aromatic heterocycles. The molecule has 10 heteroatoms. The minimum Gasteiger partial charge on any atom is -0.502 e. The van der Waals surface area contributed by atoms with Gasteiger partial charge in [-0.3, -0.25) is 9.59 Å². The molecular weight excluding hydrogens is 400 g/mol. The molecule has 4 rings (SSSR count). The lowest BCUT2D eigenvalue weighted by Gasteiger charge is -2.27. The topological polar surface area (TPSA) is 101 Å². The number of aromatic hydroxyl groups is 1. The van der Waals surface area contributed by atoms with Gasteiger partial charge >= 0.3 is 5.91 Å². The number of hydrogen-bond donors (Lipinski definition) is 2. The highest BCUT2D eigenvalue weighted by atomic mass is 19.1. The van der Waals surface area contributed by atoms with E-state index in [9.17, 15) is 28.3 Å². The van der Waals surface area contributed by atoms with Crippen LogP contribution in [0.1, 0.15) is 39.8 Å². The number of hydrogen-bond acceptors (Lipinski definition) is 5. The zero-order chi connectivity index (χ0) is 21.6. The number of rotatable bonds is 3. The van der Waals surface area contributed by atoms with Gasteiger partial charge in [0.2, 0.25) is 11.1 Å². The summed E-state index contributed by atoms with van der Waals surface area (Å²) in [5.41, 5.74) is -0.851. The van der Waals surface area contributed by atoms with Gasteiger partial charge in [-0.2, -0.15) is 0 Å². The Balaban J connectivity index is 1.65. The summed E-state index contributed by atoms with van der Waals surface area (Å²) < 4.78 is 35.1. The third-order valence-electron chi connectivity index (χ3n) is 5.20. The maximum atomic E-state index is 13.7. The van der Waals surface area contributed by atoms with Gasteiger partial charge in [0.15, 0.2) is 11.5 Å². The van der Waals surface area contributed by atoms with Gasteiger partial charge in [0.1, 0.15) is 23.7 Å². The van der Waals surface area contributed by atoms with E-state index in [1.807, 2.05) is 0 Å². The normalized spacial score (nSPS) is 18.1. The SMILES string of the molecule is CC1=[N+]2C(=O)c3c(O)c(=O)c(C(=O)NCc4ccc(F)cc4F)cn3CC2OCC1. The molecule has 3 heterocycles. The lowest BCUT2D eigenvalue weighted by atomic mass is 10.1. The van der Waals surface area contributed by atoms with E-state index in [0.717, 1.165) is 11.8 Å². The molecule has 0 spiro atoms. The summed E-state index contributed by atoms with van der Waals surface area (Å²) in [7, 11) is 0. The van der Waals surface area contributed by atoms with Crippen LogP contribution in [0.2, 0.25) is 0 Å². The van der Waals surface area contributed by atoms with Gasteiger partial charge in [-0.05, 0) is 6.07 Å². The summed E-state index contributed by atoms with van der Waals surface area (Å²) in [6, 6.07) is 2.90. The van der Waals surface area contributed by atoms with Crippen LogP contribution in [0, 0.1) is 11.6 Å². The number of benzene rings is 1. The average Bonchev–Trinajstić information content (AvgIpc) is 2.69. The monoisotopic (exact) mass is 418 g/mol. The predicted molar refractivity (Wildman–Crippen MR) is 99.5 cm³/mol. The number of carbonyl (C=O) groups excluding carboxylic acids is 2. The van der Waals surface area contributed by atoms with Crippen LogP contribution in [0.5, 0.6) is 5.75 Å².